The summed E-state index contributed by atoms with van der Waals surface area (Å²) in [7, 11) is 1.70. The second-order valence-electron chi connectivity index (χ2n) is 5.33. The maximum Gasteiger partial charge on any atom is 0.202 e. The van der Waals surface area contributed by atoms with E-state index >= 15 is 0 Å². The minimum absolute atomic E-state index is 0.146. The lowest BCUT2D eigenvalue weighted by Crippen LogP contribution is -2.43. The van der Waals surface area contributed by atoms with Gasteiger partial charge in [-0.3, -0.25) is 5.32 Å². The molecule has 1 aliphatic heterocycles. The van der Waals surface area contributed by atoms with Crippen molar-refractivity contribution in [2.75, 3.05) is 7.11 Å². The van der Waals surface area contributed by atoms with Crippen molar-refractivity contribution in [1.82, 2.24) is 5.32 Å². The van der Waals surface area contributed by atoms with E-state index in [2.05, 4.69) is 44.9 Å². The van der Waals surface area contributed by atoms with E-state index in [4.69, 9.17) is 4.74 Å². The van der Waals surface area contributed by atoms with E-state index in [-0.39, 0.29) is 17.6 Å². The molecular weight excluding hydrogens is 176 g/mol. The molecule has 0 radical (unpaired) electrons. The van der Waals surface area contributed by atoms with Crippen LogP contribution in [0, 0.1) is 11.3 Å². The average molecular weight is 198 g/mol. The summed E-state index contributed by atoms with van der Waals surface area (Å²) >= 11 is 0. The van der Waals surface area contributed by atoms with Gasteiger partial charge in [0.2, 0.25) is 5.90 Å². The third kappa shape index (κ3) is 2.27. The van der Waals surface area contributed by atoms with Crippen molar-refractivity contribution in [3.8, 4) is 0 Å². The summed E-state index contributed by atoms with van der Waals surface area (Å²) < 4.78 is 5.30. The zero-order chi connectivity index (χ0) is 10.9. The minimum Gasteiger partial charge on any atom is -0.483 e. The third-order valence-corrected chi connectivity index (χ3v) is 2.56. The van der Waals surface area contributed by atoms with Gasteiger partial charge in [-0.05, 0) is 11.3 Å². The first kappa shape index (κ1) is 11.5. The van der Waals surface area contributed by atoms with Crippen LogP contribution in [0.4, 0.5) is 0 Å². The van der Waals surface area contributed by atoms with Gasteiger partial charge in [0, 0.05) is 0 Å². The van der Waals surface area contributed by atoms with E-state index in [1.807, 2.05) is 0 Å². The van der Waals surface area contributed by atoms with Gasteiger partial charge in [0.1, 0.15) is 6.17 Å². The van der Waals surface area contributed by atoms with Crippen LogP contribution in [0.3, 0.4) is 0 Å². The molecule has 3 nitrogen and oxygen atoms in total. The summed E-state index contributed by atoms with van der Waals surface area (Å²) in [6, 6.07) is 0.268. The molecule has 3 heteroatoms. The van der Waals surface area contributed by atoms with E-state index in [1.54, 1.807) is 7.11 Å². The van der Waals surface area contributed by atoms with Crippen LogP contribution in [0.25, 0.3) is 0 Å². The SMILES string of the molecule is COC1=NC(C(C)(C)C)NC1C(C)C. The molecule has 1 heterocycles. The molecule has 0 spiro atoms. The molecule has 0 bridgehead atoms. The van der Waals surface area contributed by atoms with Gasteiger partial charge in [-0.25, -0.2) is 4.99 Å². The Morgan fingerprint density at radius 2 is 1.93 bits per heavy atom. The largest absolute Gasteiger partial charge is 0.483 e. The molecule has 2 atom stereocenters. The molecule has 1 rings (SSSR count). The first-order valence-corrected chi connectivity index (χ1v) is 5.24. The summed E-state index contributed by atoms with van der Waals surface area (Å²) in [6.07, 6.45) is 0.171. The molecule has 0 fully saturated rings. The fourth-order valence-corrected chi connectivity index (χ4v) is 1.59. The predicted molar refractivity (Wildman–Crippen MR) is 59.4 cm³/mol. The van der Waals surface area contributed by atoms with Crippen molar-refractivity contribution in [1.29, 1.82) is 0 Å². The molecule has 14 heavy (non-hydrogen) atoms. The molecule has 0 saturated heterocycles. The van der Waals surface area contributed by atoms with Crippen LogP contribution in [0.15, 0.2) is 4.99 Å². The second kappa shape index (κ2) is 3.89. The lowest BCUT2D eigenvalue weighted by atomic mass is 9.92. The highest BCUT2D eigenvalue weighted by molar-refractivity contribution is 5.84. The summed E-state index contributed by atoms with van der Waals surface area (Å²) in [5.41, 5.74) is 0.146. The number of nitrogens with zero attached hydrogens (tertiary/aromatic N) is 1. The number of nitrogens with one attached hydrogen (secondary N) is 1. The summed E-state index contributed by atoms with van der Waals surface area (Å²) in [5, 5.41) is 3.50. The molecule has 82 valence electrons. The van der Waals surface area contributed by atoms with E-state index < -0.39 is 0 Å². The van der Waals surface area contributed by atoms with Gasteiger partial charge in [-0.2, -0.15) is 0 Å². The molecule has 0 aromatic heterocycles. The van der Waals surface area contributed by atoms with Crippen LogP contribution in [0.2, 0.25) is 0 Å². The topological polar surface area (TPSA) is 33.6 Å². The maximum atomic E-state index is 5.30. The van der Waals surface area contributed by atoms with Crippen molar-refractivity contribution in [2.45, 2.75) is 46.8 Å². The van der Waals surface area contributed by atoms with Crippen LogP contribution in [0.1, 0.15) is 34.6 Å². The highest BCUT2D eigenvalue weighted by Crippen LogP contribution is 2.26. The monoisotopic (exact) mass is 198 g/mol. The van der Waals surface area contributed by atoms with Gasteiger partial charge in [0.05, 0.1) is 13.2 Å². The summed E-state index contributed by atoms with van der Waals surface area (Å²) in [6.45, 7) is 10.9. The van der Waals surface area contributed by atoms with Crippen LogP contribution in [-0.2, 0) is 4.74 Å². The third-order valence-electron chi connectivity index (χ3n) is 2.56. The lowest BCUT2D eigenvalue weighted by molar-refractivity contribution is 0.271. The molecule has 0 aromatic carbocycles. The fraction of sp³-hybridized carbons (Fsp3) is 0.909. The Kier molecular flexibility index (Phi) is 3.20. The van der Waals surface area contributed by atoms with E-state index in [0.29, 0.717) is 5.92 Å². The zero-order valence-corrected chi connectivity index (χ0v) is 10.1. The van der Waals surface area contributed by atoms with Gasteiger partial charge in [0.15, 0.2) is 0 Å². The Hall–Kier alpha value is -0.570. The Bertz CT molecular complexity index is 228. The molecule has 0 saturated carbocycles. The van der Waals surface area contributed by atoms with E-state index in [1.165, 1.54) is 0 Å². The number of aliphatic imine (C=N–C) groups is 1. The Labute approximate surface area is 86.9 Å². The van der Waals surface area contributed by atoms with E-state index in [9.17, 15) is 0 Å². The van der Waals surface area contributed by atoms with Gasteiger partial charge in [-0.15, -0.1) is 0 Å². The van der Waals surface area contributed by atoms with Crippen molar-refractivity contribution in [3.63, 3.8) is 0 Å². The molecule has 2 unspecified atom stereocenters. The van der Waals surface area contributed by atoms with Crippen LogP contribution in [0.5, 0.6) is 0 Å². The summed E-state index contributed by atoms with van der Waals surface area (Å²) in [5.74, 6) is 1.36. The van der Waals surface area contributed by atoms with Crippen LogP contribution >= 0.6 is 0 Å². The molecule has 0 aromatic rings. The van der Waals surface area contributed by atoms with Gasteiger partial charge >= 0.3 is 0 Å². The van der Waals surface area contributed by atoms with Gasteiger partial charge in [0.25, 0.3) is 0 Å². The molecule has 1 aliphatic rings. The second-order valence-corrected chi connectivity index (χ2v) is 5.33. The maximum absolute atomic E-state index is 5.30. The van der Waals surface area contributed by atoms with Gasteiger partial charge < -0.3 is 4.74 Å². The molecular formula is C11H22N2O. The number of hydrogen-bond acceptors (Lipinski definition) is 3. The normalized spacial score (nSPS) is 28.1. The van der Waals surface area contributed by atoms with Crippen molar-refractivity contribution in [3.05, 3.63) is 0 Å². The average Bonchev–Trinajstić information content (AvgIpc) is 2.45. The lowest BCUT2D eigenvalue weighted by Gasteiger charge is -2.26. The Balaban J connectivity index is 2.78. The van der Waals surface area contributed by atoms with Crippen molar-refractivity contribution < 1.29 is 4.74 Å². The highest BCUT2D eigenvalue weighted by atomic mass is 16.5. The number of methoxy groups -OCH3 is 1. The van der Waals surface area contributed by atoms with Crippen molar-refractivity contribution >= 4 is 5.90 Å². The quantitative estimate of drug-likeness (QED) is 0.699. The predicted octanol–water partition coefficient (Wildman–Crippen LogP) is 2.03. The Morgan fingerprint density at radius 3 is 2.21 bits per heavy atom. The first-order chi connectivity index (χ1) is 6.36. The Morgan fingerprint density at radius 1 is 1.36 bits per heavy atom. The molecule has 0 aliphatic carbocycles. The number of ether oxygens (including phenoxy) is 1. The number of rotatable bonds is 1. The van der Waals surface area contributed by atoms with Gasteiger partial charge in [-0.1, -0.05) is 34.6 Å². The minimum atomic E-state index is 0.146. The zero-order valence-electron chi connectivity index (χ0n) is 10.1. The van der Waals surface area contributed by atoms with Crippen LogP contribution in [-0.4, -0.2) is 25.2 Å². The summed E-state index contributed by atoms with van der Waals surface area (Å²) in [4.78, 5) is 4.56. The van der Waals surface area contributed by atoms with Crippen LogP contribution < -0.4 is 5.32 Å². The molecule has 0 amide bonds. The van der Waals surface area contributed by atoms with Crippen molar-refractivity contribution in [2.24, 2.45) is 16.3 Å². The highest BCUT2D eigenvalue weighted by Gasteiger charge is 2.36. The number of hydrogen-bond donors (Lipinski definition) is 1. The standard InChI is InChI=1S/C11H22N2O/c1-7(2)8-9(14-6)13-10(12-8)11(3,4)5/h7-8,10,12H,1-6H3. The smallest absolute Gasteiger partial charge is 0.202 e. The fourth-order valence-electron chi connectivity index (χ4n) is 1.59. The molecule has 1 N–H and O–H groups in total. The first-order valence-electron chi connectivity index (χ1n) is 5.24. The van der Waals surface area contributed by atoms with E-state index in [0.717, 1.165) is 5.90 Å².